The summed E-state index contributed by atoms with van der Waals surface area (Å²) < 4.78 is 17.2. The number of amides is 3. The van der Waals surface area contributed by atoms with E-state index in [-0.39, 0.29) is 73.8 Å². The SMILES string of the molecule is CC(C)N(C(=O)COCCN(CCOCC(=O)N(C(C)C)C(C)C)CCOCC(=O)N(C(C)C)C(C)C)C(C)C. The van der Waals surface area contributed by atoms with Crippen LogP contribution in [0, 0.1) is 0 Å². The van der Waals surface area contributed by atoms with Crippen LogP contribution in [0.25, 0.3) is 0 Å². The van der Waals surface area contributed by atoms with E-state index in [0.29, 0.717) is 39.5 Å². The van der Waals surface area contributed by atoms with Crippen molar-refractivity contribution in [2.24, 2.45) is 0 Å². The maximum Gasteiger partial charge on any atom is 0.249 e. The Morgan fingerprint density at radius 2 is 0.625 bits per heavy atom. The zero-order chi connectivity index (χ0) is 31.0. The normalized spacial score (nSPS) is 12.1. The van der Waals surface area contributed by atoms with Gasteiger partial charge in [0.15, 0.2) is 0 Å². The molecular formula is C30H60N4O6. The van der Waals surface area contributed by atoms with E-state index in [2.05, 4.69) is 4.90 Å². The molecular weight excluding hydrogens is 512 g/mol. The summed E-state index contributed by atoms with van der Waals surface area (Å²) >= 11 is 0. The van der Waals surface area contributed by atoms with Gasteiger partial charge in [-0.05, 0) is 83.1 Å². The molecule has 0 aliphatic heterocycles. The lowest BCUT2D eigenvalue weighted by Crippen LogP contribution is -2.45. The van der Waals surface area contributed by atoms with Crippen LogP contribution in [0.15, 0.2) is 0 Å². The van der Waals surface area contributed by atoms with Gasteiger partial charge in [-0.25, -0.2) is 0 Å². The summed E-state index contributed by atoms with van der Waals surface area (Å²) in [7, 11) is 0. The lowest BCUT2D eigenvalue weighted by molar-refractivity contribution is -0.140. The summed E-state index contributed by atoms with van der Waals surface area (Å²) in [6.45, 7) is 26.9. The molecule has 0 bridgehead atoms. The molecule has 0 unspecified atom stereocenters. The first kappa shape index (κ1) is 38.2. The fraction of sp³-hybridized carbons (Fsp3) is 0.900. The third-order valence-corrected chi connectivity index (χ3v) is 6.53. The third-order valence-electron chi connectivity index (χ3n) is 6.53. The summed E-state index contributed by atoms with van der Waals surface area (Å²) in [5, 5.41) is 0. The van der Waals surface area contributed by atoms with Crippen molar-refractivity contribution >= 4 is 17.7 Å². The quantitative estimate of drug-likeness (QED) is 0.195. The molecule has 0 radical (unpaired) electrons. The number of carbonyl (C=O) groups excluding carboxylic acids is 3. The van der Waals surface area contributed by atoms with Crippen LogP contribution in [0.4, 0.5) is 0 Å². The van der Waals surface area contributed by atoms with Gasteiger partial charge in [-0.15, -0.1) is 0 Å². The number of ether oxygens (including phenoxy) is 3. The summed E-state index contributed by atoms with van der Waals surface area (Å²) in [4.78, 5) is 45.4. The smallest absolute Gasteiger partial charge is 0.249 e. The zero-order valence-corrected chi connectivity index (χ0v) is 27.6. The van der Waals surface area contributed by atoms with Gasteiger partial charge in [0.2, 0.25) is 17.7 Å². The molecule has 3 amide bonds. The van der Waals surface area contributed by atoms with Gasteiger partial charge >= 0.3 is 0 Å². The second kappa shape index (κ2) is 20.2. The van der Waals surface area contributed by atoms with Crippen LogP contribution in [0.1, 0.15) is 83.1 Å². The highest BCUT2D eigenvalue weighted by molar-refractivity contribution is 5.78. The lowest BCUT2D eigenvalue weighted by atomic mass is 10.2. The minimum atomic E-state index is -0.0278. The van der Waals surface area contributed by atoms with Gasteiger partial charge < -0.3 is 28.9 Å². The Kier molecular flexibility index (Phi) is 19.3. The molecule has 0 saturated heterocycles. The lowest BCUT2D eigenvalue weighted by Gasteiger charge is -2.31. The molecule has 10 heteroatoms. The molecule has 0 aromatic carbocycles. The topological polar surface area (TPSA) is 91.9 Å². The minimum Gasteiger partial charge on any atom is -0.370 e. The molecule has 0 rings (SSSR count). The molecule has 0 fully saturated rings. The van der Waals surface area contributed by atoms with Crippen LogP contribution in [0.2, 0.25) is 0 Å². The van der Waals surface area contributed by atoms with E-state index in [1.54, 1.807) is 0 Å². The summed E-state index contributed by atoms with van der Waals surface area (Å²) in [6.07, 6.45) is 0. The van der Waals surface area contributed by atoms with Crippen LogP contribution in [-0.4, -0.2) is 133 Å². The van der Waals surface area contributed by atoms with Gasteiger partial charge in [0.1, 0.15) is 19.8 Å². The Balaban J connectivity index is 4.90. The Morgan fingerprint density at radius 3 is 0.800 bits per heavy atom. The van der Waals surface area contributed by atoms with E-state index in [1.165, 1.54) is 0 Å². The van der Waals surface area contributed by atoms with Crippen molar-refractivity contribution in [3.8, 4) is 0 Å². The average molecular weight is 573 g/mol. The molecule has 0 aromatic heterocycles. The summed E-state index contributed by atoms with van der Waals surface area (Å²) in [5.74, 6) is -0.0834. The van der Waals surface area contributed by atoms with E-state index in [9.17, 15) is 14.4 Å². The second-order valence-corrected chi connectivity index (χ2v) is 12.0. The Bertz CT molecular complexity index is 608. The molecule has 10 nitrogen and oxygen atoms in total. The highest BCUT2D eigenvalue weighted by atomic mass is 16.5. The van der Waals surface area contributed by atoms with Gasteiger partial charge in [-0.1, -0.05) is 0 Å². The predicted octanol–water partition coefficient (Wildman–Crippen LogP) is 3.27. The van der Waals surface area contributed by atoms with Gasteiger partial charge in [0, 0.05) is 55.9 Å². The van der Waals surface area contributed by atoms with Crippen molar-refractivity contribution in [1.29, 1.82) is 0 Å². The van der Waals surface area contributed by atoms with E-state index >= 15 is 0 Å². The number of hydrogen-bond acceptors (Lipinski definition) is 7. The highest BCUT2D eigenvalue weighted by Gasteiger charge is 2.22. The monoisotopic (exact) mass is 572 g/mol. The van der Waals surface area contributed by atoms with Gasteiger partial charge in [-0.3, -0.25) is 19.3 Å². The Morgan fingerprint density at radius 1 is 0.425 bits per heavy atom. The molecule has 0 N–H and O–H groups in total. The molecule has 236 valence electrons. The first-order chi connectivity index (χ1) is 18.6. The van der Waals surface area contributed by atoms with Crippen molar-refractivity contribution in [3.05, 3.63) is 0 Å². The number of carbonyl (C=O) groups is 3. The first-order valence-corrected chi connectivity index (χ1v) is 15.0. The van der Waals surface area contributed by atoms with Crippen LogP contribution in [0.5, 0.6) is 0 Å². The zero-order valence-electron chi connectivity index (χ0n) is 27.6. The molecule has 0 spiro atoms. The van der Waals surface area contributed by atoms with Crippen molar-refractivity contribution in [2.75, 3.05) is 59.3 Å². The summed E-state index contributed by atoms with van der Waals surface area (Å²) in [5.41, 5.74) is 0. The minimum absolute atomic E-state index is 0.0278. The highest BCUT2D eigenvalue weighted by Crippen LogP contribution is 2.08. The molecule has 40 heavy (non-hydrogen) atoms. The third kappa shape index (κ3) is 14.8. The van der Waals surface area contributed by atoms with E-state index in [0.717, 1.165) is 0 Å². The van der Waals surface area contributed by atoms with Crippen molar-refractivity contribution < 1.29 is 28.6 Å². The van der Waals surface area contributed by atoms with Crippen molar-refractivity contribution in [2.45, 2.75) is 119 Å². The summed E-state index contributed by atoms with van der Waals surface area (Å²) in [6, 6.07) is 0.650. The Hall–Kier alpha value is -1.75. The van der Waals surface area contributed by atoms with Crippen LogP contribution >= 0.6 is 0 Å². The van der Waals surface area contributed by atoms with Crippen LogP contribution < -0.4 is 0 Å². The second-order valence-electron chi connectivity index (χ2n) is 12.0. The van der Waals surface area contributed by atoms with Gasteiger partial charge in [0.05, 0.1) is 19.8 Å². The van der Waals surface area contributed by atoms with E-state index in [4.69, 9.17) is 14.2 Å². The van der Waals surface area contributed by atoms with Crippen LogP contribution in [-0.2, 0) is 28.6 Å². The van der Waals surface area contributed by atoms with Crippen LogP contribution in [0.3, 0.4) is 0 Å². The maximum absolute atomic E-state index is 12.6. The number of nitrogens with zero attached hydrogens (tertiary/aromatic N) is 4. The van der Waals surface area contributed by atoms with Crippen molar-refractivity contribution in [3.63, 3.8) is 0 Å². The number of rotatable bonds is 21. The van der Waals surface area contributed by atoms with Gasteiger partial charge in [-0.2, -0.15) is 0 Å². The maximum atomic E-state index is 12.6. The Labute approximate surface area is 244 Å². The van der Waals surface area contributed by atoms with E-state index < -0.39 is 0 Å². The first-order valence-electron chi connectivity index (χ1n) is 15.0. The molecule has 0 aromatic rings. The number of hydrogen-bond donors (Lipinski definition) is 0. The average Bonchev–Trinajstić information content (AvgIpc) is 2.80. The predicted molar refractivity (Wildman–Crippen MR) is 160 cm³/mol. The van der Waals surface area contributed by atoms with E-state index in [1.807, 2.05) is 97.8 Å². The molecule has 0 aliphatic rings. The van der Waals surface area contributed by atoms with Crippen molar-refractivity contribution in [1.82, 2.24) is 19.6 Å². The molecule has 0 aliphatic carbocycles. The molecule has 0 heterocycles. The van der Waals surface area contributed by atoms with Gasteiger partial charge in [0.25, 0.3) is 0 Å². The largest absolute Gasteiger partial charge is 0.370 e. The fourth-order valence-corrected chi connectivity index (χ4v) is 5.14. The molecule has 0 atom stereocenters. The fourth-order valence-electron chi connectivity index (χ4n) is 5.14. The standard InChI is InChI=1S/C30H60N4O6/c1-22(2)32(23(3)4)28(35)19-38-16-13-31(14-17-39-20-29(36)33(24(5)6)25(7)8)15-18-40-21-30(37)34(26(9)10)27(11)12/h22-27H,13-21H2,1-12H3. The molecule has 0 saturated carbocycles.